The van der Waals surface area contributed by atoms with E-state index in [9.17, 15) is 0 Å². The van der Waals surface area contributed by atoms with E-state index in [1.807, 2.05) is 0 Å². The molecule has 2 aromatic rings. The van der Waals surface area contributed by atoms with Gasteiger partial charge in [0.1, 0.15) is 10.0 Å². The van der Waals surface area contributed by atoms with E-state index in [2.05, 4.69) is 56.6 Å². The molecule has 0 atom stereocenters. The highest BCUT2D eigenvalue weighted by molar-refractivity contribution is 9.10. The van der Waals surface area contributed by atoms with Crippen LogP contribution >= 0.6 is 27.3 Å². The van der Waals surface area contributed by atoms with Gasteiger partial charge in [-0.1, -0.05) is 33.3 Å². The third kappa shape index (κ3) is 3.41. The number of aryl methyl sites for hydroxylation is 1. The molecule has 0 amide bonds. The maximum absolute atomic E-state index is 4.32. The van der Waals surface area contributed by atoms with Gasteiger partial charge in [0.15, 0.2) is 0 Å². The third-order valence-corrected chi connectivity index (χ3v) is 4.76. The van der Waals surface area contributed by atoms with Gasteiger partial charge in [-0.05, 0) is 37.5 Å². The number of hydrogen-bond acceptors (Lipinski definition) is 4. The van der Waals surface area contributed by atoms with Crippen molar-refractivity contribution in [2.45, 2.75) is 32.2 Å². The molecule has 5 heteroatoms. The average Bonchev–Trinajstić information content (AvgIpc) is 3.10. The number of nitrogens with one attached hydrogen (secondary N) is 1. The molecule has 3 nitrogen and oxygen atoms in total. The zero-order valence-electron chi connectivity index (χ0n) is 10.8. The minimum Gasteiger partial charge on any atom is -0.314 e. The van der Waals surface area contributed by atoms with Crippen molar-refractivity contribution in [2.24, 2.45) is 0 Å². The Morgan fingerprint density at radius 1 is 1.37 bits per heavy atom. The first kappa shape index (κ1) is 13.2. The molecule has 1 aliphatic rings. The summed E-state index contributed by atoms with van der Waals surface area (Å²) in [6, 6.07) is 7.04. The summed E-state index contributed by atoms with van der Waals surface area (Å²) in [6.45, 7) is 3.12. The van der Waals surface area contributed by atoms with Crippen LogP contribution in [0.15, 0.2) is 22.7 Å². The van der Waals surface area contributed by atoms with E-state index in [1.165, 1.54) is 24.0 Å². The Bertz CT molecular complexity index is 578. The highest BCUT2D eigenvalue weighted by atomic mass is 79.9. The first-order valence-corrected chi connectivity index (χ1v) is 8.15. The average molecular weight is 338 g/mol. The molecule has 1 aromatic heterocycles. The van der Waals surface area contributed by atoms with Gasteiger partial charge in [0.2, 0.25) is 0 Å². The fraction of sp³-hybridized carbons (Fsp3) is 0.429. The lowest BCUT2D eigenvalue weighted by atomic mass is 10.1. The molecule has 1 N–H and O–H groups in total. The van der Waals surface area contributed by atoms with E-state index in [1.54, 1.807) is 11.3 Å². The van der Waals surface area contributed by atoms with Gasteiger partial charge < -0.3 is 5.32 Å². The largest absolute Gasteiger partial charge is 0.314 e. The summed E-state index contributed by atoms with van der Waals surface area (Å²) >= 11 is 5.21. The van der Waals surface area contributed by atoms with Crippen LogP contribution in [-0.2, 0) is 6.42 Å². The fourth-order valence-corrected chi connectivity index (χ4v) is 3.24. The zero-order valence-corrected chi connectivity index (χ0v) is 13.2. The minimum atomic E-state index is 0.764. The summed E-state index contributed by atoms with van der Waals surface area (Å²) in [5.41, 5.74) is 2.41. The maximum Gasteiger partial charge on any atom is 0.148 e. The van der Waals surface area contributed by atoms with Gasteiger partial charge in [-0.25, -0.2) is 0 Å². The number of nitrogens with zero attached hydrogens (tertiary/aromatic N) is 2. The minimum absolute atomic E-state index is 0.764. The standard InChI is InChI=1S/C14H16BrN3S/c1-9-2-3-10(15)8-12(9)14-18-17-13(19-14)6-7-16-11-4-5-11/h2-3,8,11,16H,4-7H2,1H3. The second-order valence-electron chi connectivity index (χ2n) is 4.94. The van der Waals surface area contributed by atoms with E-state index in [0.717, 1.165) is 33.5 Å². The third-order valence-electron chi connectivity index (χ3n) is 3.25. The fourth-order valence-electron chi connectivity index (χ4n) is 1.96. The summed E-state index contributed by atoms with van der Waals surface area (Å²) in [5, 5.41) is 14.2. The molecule has 1 heterocycles. The van der Waals surface area contributed by atoms with Crippen LogP contribution in [0, 0.1) is 6.92 Å². The molecule has 1 fully saturated rings. The number of aromatic nitrogens is 2. The van der Waals surface area contributed by atoms with Gasteiger partial charge in [0.05, 0.1) is 0 Å². The Morgan fingerprint density at radius 3 is 3.00 bits per heavy atom. The molecule has 1 saturated carbocycles. The number of benzene rings is 1. The van der Waals surface area contributed by atoms with Gasteiger partial charge in [-0.3, -0.25) is 0 Å². The highest BCUT2D eigenvalue weighted by Crippen LogP contribution is 2.29. The van der Waals surface area contributed by atoms with Gasteiger partial charge >= 0.3 is 0 Å². The molecule has 0 bridgehead atoms. The molecule has 0 radical (unpaired) electrons. The van der Waals surface area contributed by atoms with E-state index in [4.69, 9.17) is 0 Å². The normalized spacial score (nSPS) is 14.8. The second kappa shape index (κ2) is 5.69. The number of rotatable bonds is 5. The number of halogens is 1. The summed E-state index contributed by atoms with van der Waals surface area (Å²) in [7, 11) is 0. The Balaban J connectivity index is 1.70. The lowest BCUT2D eigenvalue weighted by Gasteiger charge is -2.01. The van der Waals surface area contributed by atoms with Gasteiger partial charge in [0.25, 0.3) is 0 Å². The van der Waals surface area contributed by atoms with Gasteiger partial charge in [0, 0.05) is 29.0 Å². The molecule has 1 aliphatic carbocycles. The van der Waals surface area contributed by atoms with Gasteiger partial charge in [-0.15, -0.1) is 10.2 Å². The molecule has 100 valence electrons. The molecule has 1 aromatic carbocycles. The smallest absolute Gasteiger partial charge is 0.148 e. The second-order valence-corrected chi connectivity index (χ2v) is 6.92. The molecule has 19 heavy (non-hydrogen) atoms. The van der Waals surface area contributed by atoms with E-state index in [-0.39, 0.29) is 0 Å². The van der Waals surface area contributed by atoms with Crippen molar-refractivity contribution >= 4 is 27.3 Å². The lowest BCUT2D eigenvalue weighted by Crippen LogP contribution is -2.19. The summed E-state index contributed by atoms with van der Waals surface area (Å²) < 4.78 is 1.08. The van der Waals surface area contributed by atoms with Crippen LogP contribution in [0.4, 0.5) is 0 Å². The monoisotopic (exact) mass is 337 g/mol. The Hall–Kier alpha value is -0.780. The summed E-state index contributed by atoms with van der Waals surface area (Å²) in [4.78, 5) is 0. The quantitative estimate of drug-likeness (QED) is 0.906. The Morgan fingerprint density at radius 2 is 2.21 bits per heavy atom. The molecule has 0 unspecified atom stereocenters. The van der Waals surface area contributed by atoms with Crippen LogP contribution in [0.25, 0.3) is 10.6 Å². The summed E-state index contributed by atoms with van der Waals surface area (Å²) in [5.74, 6) is 0. The Labute approximate surface area is 125 Å². The van der Waals surface area contributed by atoms with Crippen molar-refractivity contribution < 1.29 is 0 Å². The molecule has 3 rings (SSSR count). The van der Waals surface area contributed by atoms with Crippen molar-refractivity contribution in [3.63, 3.8) is 0 Å². The lowest BCUT2D eigenvalue weighted by molar-refractivity contribution is 0.677. The maximum atomic E-state index is 4.32. The first-order valence-electron chi connectivity index (χ1n) is 6.54. The van der Waals surface area contributed by atoms with E-state index in [0.29, 0.717) is 0 Å². The zero-order chi connectivity index (χ0) is 13.2. The SMILES string of the molecule is Cc1ccc(Br)cc1-c1nnc(CCNC2CC2)s1. The van der Waals surface area contributed by atoms with Gasteiger partial charge in [-0.2, -0.15) is 0 Å². The van der Waals surface area contributed by atoms with E-state index >= 15 is 0 Å². The van der Waals surface area contributed by atoms with Crippen molar-refractivity contribution in [3.8, 4) is 10.6 Å². The molecular formula is C14H16BrN3S. The predicted molar refractivity (Wildman–Crippen MR) is 82.5 cm³/mol. The molecule has 0 saturated heterocycles. The molecule has 0 aliphatic heterocycles. The topological polar surface area (TPSA) is 37.8 Å². The molecule has 0 spiro atoms. The van der Waals surface area contributed by atoms with Crippen molar-refractivity contribution in [1.29, 1.82) is 0 Å². The van der Waals surface area contributed by atoms with Crippen LogP contribution in [0.2, 0.25) is 0 Å². The van der Waals surface area contributed by atoms with Crippen molar-refractivity contribution in [3.05, 3.63) is 33.2 Å². The van der Waals surface area contributed by atoms with Crippen LogP contribution in [0.1, 0.15) is 23.4 Å². The number of hydrogen-bond donors (Lipinski definition) is 1. The van der Waals surface area contributed by atoms with Crippen LogP contribution in [-0.4, -0.2) is 22.8 Å². The van der Waals surface area contributed by atoms with E-state index < -0.39 is 0 Å². The molecular weight excluding hydrogens is 322 g/mol. The van der Waals surface area contributed by atoms with Crippen LogP contribution in [0.3, 0.4) is 0 Å². The summed E-state index contributed by atoms with van der Waals surface area (Å²) in [6.07, 6.45) is 3.64. The van der Waals surface area contributed by atoms with Crippen LogP contribution in [0.5, 0.6) is 0 Å². The Kier molecular flexibility index (Phi) is 3.96. The first-order chi connectivity index (χ1) is 9.22. The van der Waals surface area contributed by atoms with Crippen molar-refractivity contribution in [2.75, 3.05) is 6.54 Å². The predicted octanol–water partition coefficient (Wildman–Crippen LogP) is 3.57. The van der Waals surface area contributed by atoms with Crippen molar-refractivity contribution in [1.82, 2.24) is 15.5 Å². The van der Waals surface area contributed by atoms with Crippen LogP contribution < -0.4 is 5.32 Å². The highest BCUT2D eigenvalue weighted by Gasteiger charge is 2.20.